The summed E-state index contributed by atoms with van der Waals surface area (Å²) >= 11 is 6.27. The van der Waals surface area contributed by atoms with Crippen LogP contribution in [0.4, 0.5) is 5.69 Å². The van der Waals surface area contributed by atoms with Crippen molar-refractivity contribution in [1.29, 1.82) is 0 Å². The van der Waals surface area contributed by atoms with E-state index < -0.39 is 41.3 Å². The Morgan fingerprint density at radius 3 is 2.83 bits per heavy atom. The maximum atomic E-state index is 13.5. The largest absolute Gasteiger partial charge is 0.392 e. The van der Waals surface area contributed by atoms with Crippen LogP contribution in [0.2, 0.25) is 5.02 Å². The highest BCUT2D eigenvalue weighted by Gasteiger charge is 2.71. The third-order valence-electron chi connectivity index (χ3n) is 6.66. The smallest absolute Gasteiger partial charge is 0.250 e. The third-order valence-corrected chi connectivity index (χ3v) is 6.97. The predicted octanol–water partition coefficient (Wildman–Crippen LogP) is 0.620. The first-order valence-electron chi connectivity index (χ1n) is 9.89. The number of carbonyl (C=O) groups is 3. The molecular weight excluding hydrogens is 398 g/mol. The van der Waals surface area contributed by atoms with Crippen molar-refractivity contribution >= 4 is 35.0 Å². The lowest BCUT2D eigenvalue weighted by Gasteiger charge is -2.30. The Bertz CT molecular complexity index is 915. The highest BCUT2D eigenvalue weighted by molar-refractivity contribution is 6.35. The number of fused-ring (bicyclic) bond motifs is 4. The number of hydrogen-bond donors (Lipinski definition) is 3. The monoisotopic (exact) mass is 419 g/mol. The Morgan fingerprint density at radius 1 is 1.34 bits per heavy atom. The van der Waals surface area contributed by atoms with E-state index in [1.165, 1.54) is 4.90 Å². The van der Waals surface area contributed by atoms with Crippen LogP contribution >= 0.6 is 11.6 Å². The van der Waals surface area contributed by atoms with E-state index in [0.29, 0.717) is 22.9 Å². The van der Waals surface area contributed by atoms with Gasteiger partial charge in [-0.05, 0) is 25.8 Å². The first-order valence-corrected chi connectivity index (χ1v) is 10.3. The van der Waals surface area contributed by atoms with Gasteiger partial charge in [-0.3, -0.25) is 24.6 Å². The predicted molar refractivity (Wildman–Crippen MR) is 103 cm³/mol. The zero-order valence-corrected chi connectivity index (χ0v) is 16.6. The Labute approximate surface area is 172 Å². The van der Waals surface area contributed by atoms with Gasteiger partial charge in [-0.2, -0.15) is 0 Å². The highest BCUT2D eigenvalue weighted by Crippen LogP contribution is 2.54. The van der Waals surface area contributed by atoms with E-state index in [0.717, 1.165) is 12.8 Å². The number of aliphatic hydroxyl groups is 1. The number of nitrogens with one attached hydrogen (secondary N) is 2. The molecule has 4 heterocycles. The van der Waals surface area contributed by atoms with Gasteiger partial charge in [-0.1, -0.05) is 23.7 Å². The number of benzene rings is 1. The van der Waals surface area contributed by atoms with Crippen molar-refractivity contribution in [3.8, 4) is 0 Å². The van der Waals surface area contributed by atoms with Crippen LogP contribution in [0.1, 0.15) is 25.3 Å². The number of para-hydroxylation sites is 1. The molecule has 29 heavy (non-hydrogen) atoms. The lowest BCUT2D eigenvalue weighted by Crippen LogP contribution is -2.55. The second-order valence-corrected chi connectivity index (χ2v) is 8.67. The van der Waals surface area contributed by atoms with Crippen LogP contribution in [0.25, 0.3) is 0 Å². The van der Waals surface area contributed by atoms with E-state index in [1.54, 1.807) is 25.1 Å². The Hall–Kier alpha value is -2.00. The number of carbonyl (C=O) groups excluding carboxylic acids is 3. The van der Waals surface area contributed by atoms with E-state index in [2.05, 4.69) is 10.6 Å². The second kappa shape index (κ2) is 6.50. The number of anilines is 1. The molecule has 1 spiro atoms. The highest BCUT2D eigenvalue weighted by atomic mass is 35.5. The van der Waals surface area contributed by atoms with Crippen LogP contribution < -0.4 is 10.6 Å². The number of halogens is 1. The number of likely N-dealkylation sites (tertiary alicyclic amines) is 1. The molecule has 9 heteroatoms. The van der Waals surface area contributed by atoms with Crippen molar-refractivity contribution in [2.75, 3.05) is 18.5 Å². The van der Waals surface area contributed by atoms with E-state index in [9.17, 15) is 19.5 Å². The maximum absolute atomic E-state index is 13.5. The van der Waals surface area contributed by atoms with Crippen LogP contribution in [0.3, 0.4) is 0 Å². The second-order valence-electron chi connectivity index (χ2n) is 8.26. The number of nitrogens with zero attached hydrogens (tertiary/aromatic N) is 1. The minimum absolute atomic E-state index is 0.178. The SMILES string of the molecule is CC(O)[C@@H]1N[C@@]2(C(=O)Nc3c(Cl)cccc32)[C@H]2C(=O)N(CC3CCCO3)C(=O)[C@@H]12. The molecule has 5 rings (SSSR count). The first kappa shape index (κ1) is 19.0. The average molecular weight is 420 g/mol. The summed E-state index contributed by atoms with van der Waals surface area (Å²) in [7, 11) is 0. The van der Waals surface area contributed by atoms with Crippen LogP contribution in [-0.2, 0) is 24.7 Å². The van der Waals surface area contributed by atoms with Crippen molar-refractivity contribution < 1.29 is 24.2 Å². The van der Waals surface area contributed by atoms with Gasteiger partial charge in [0.2, 0.25) is 17.7 Å². The van der Waals surface area contributed by atoms with Gasteiger partial charge in [0.1, 0.15) is 5.54 Å². The summed E-state index contributed by atoms with van der Waals surface area (Å²) in [6, 6.07) is 4.36. The van der Waals surface area contributed by atoms with Gasteiger partial charge in [0.05, 0.1) is 41.3 Å². The number of ether oxygens (including phenoxy) is 1. The Kier molecular flexibility index (Phi) is 4.26. The van der Waals surface area contributed by atoms with Crippen molar-refractivity contribution in [1.82, 2.24) is 10.2 Å². The maximum Gasteiger partial charge on any atom is 0.250 e. The minimum atomic E-state index is -1.44. The zero-order valence-electron chi connectivity index (χ0n) is 15.9. The molecule has 1 aromatic carbocycles. The van der Waals surface area contributed by atoms with Gasteiger partial charge in [-0.15, -0.1) is 0 Å². The van der Waals surface area contributed by atoms with Gasteiger partial charge in [0.15, 0.2) is 0 Å². The molecule has 0 bridgehead atoms. The van der Waals surface area contributed by atoms with Crippen LogP contribution in [0.15, 0.2) is 18.2 Å². The molecule has 0 saturated carbocycles. The molecule has 4 aliphatic heterocycles. The third kappa shape index (κ3) is 2.46. The van der Waals surface area contributed by atoms with Crippen LogP contribution in [0.5, 0.6) is 0 Å². The molecular formula is C20H22ClN3O5. The summed E-state index contributed by atoms with van der Waals surface area (Å²) in [6.07, 6.45) is 0.561. The molecule has 2 unspecified atom stereocenters. The molecule has 8 nitrogen and oxygen atoms in total. The molecule has 0 radical (unpaired) electrons. The molecule has 154 valence electrons. The topological polar surface area (TPSA) is 108 Å². The number of amides is 3. The lowest BCUT2D eigenvalue weighted by atomic mass is 9.76. The first-order chi connectivity index (χ1) is 13.9. The number of hydrogen-bond acceptors (Lipinski definition) is 6. The van der Waals surface area contributed by atoms with Crippen molar-refractivity contribution in [3.63, 3.8) is 0 Å². The van der Waals surface area contributed by atoms with Crippen molar-refractivity contribution in [3.05, 3.63) is 28.8 Å². The van der Waals surface area contributed by atoms with Gasteiger partial charge in [0, 0.05) is 18.2 Å². The molecule has 3 N–H and O–H groups in total. The van der Waals surface area contributed by atoms with Gasteiger partial charge in [0.25, 0.3) is 0 Å². The summed E-state index contributed by atoms with van der Waals surface area (Å²) in [5, 5.41) is 16.7. The fourth-order valence-corrected chi connectivity index (χ4v) is 5.59. The van der Waals surface area contributed by atoms with E-state index >= 15 is 0 Å². The van der Waals surface area contributed by atoms with E-state index in [-0.39, 0.29) is 18.6 Å². The fraction of sp³-hybridized carbons (Fsp3) is 0.550. The Morgan fingerprint density at radius 2 is 2.14 bits per heavy atom. The van der Waals surface area contributed by atoms with Crippen molar-refractivity contribution in [2.45, 2.75) is 43.6 Å². The summed E-state index contributed by atoms with van der Waals surface area (Å²) in [6.45, 7) is 2.35. The molecule has 0 aliphatic carbocycles. The van der Waals surface area contributed by atoms with Gasteiger partial charge < -0.3 is 15.2 Å². The lowest BCUT2D eigenvalue weighted by molar-refractivity contribution is -0.144. The number of aliphatic hydroxyl groups excluding tert-OH is 1. The van der Waals surface area contributed by atoms with Crippen LogP contribution in [-0.4, -0.2) is 59.1 Å². The molecule has 0 aromatic heterocycles. The molecule has 3 saturated heterocycles. The average Bonchev–Trinajstić information content (AvgIpc) is 3.42. The number of imide groups is 1. The van der Waals surface area contributed by atoms with Crippen molar-refractivity contribution in [2.24, 2.45) is 11.8 Å². The molecule has 4 aliphatic rings. The molecule has 6 atom stereocenters. The van der Waals surface area contributed by atoms with E-state index in [4.69, 9.17) is 16.3 Å². The van der Waals surface area contributed by atoms with Gasteiger partial charge in [-0.25, -0.2) is 0 Å². The van der Waals surface area contributed by atoms with Gasteiger partial charge >= 0.3 is 0 Å². The minimum Gasteiger partial charge on any atom is -0.392 e. The zero-order chi connectivity index (χ0) is 20.5. The molecule has 1 aromatic rings. The number of rotatable bonds is 3. The quantitative estimate of drug-likeness (QED) is 0.620. The van der Waals surface area contributed by atoms with Crippen LogP contribution in [0, 0.1) is 11.8 Å². The summed E-state index contributed by atoms with van der Waals surface area (Å²) in [5.41, 5.74) is -0.465. The molecule has 3 fully saturated rings. The van der Waals surface area contributed by atoms with E-state index in [1.807, 2.05) is 0 Å². The summed E-state index contributed by atoms with van der Waals surface area (Å²) in [4.78, 5) is 41.2. The fourth-order valence-electron chi connectivity index (χ4n) is 5.37. The molecule has 3 amide bonds. The Balaban J connectivity index is 1.61. The summed E-state index contributed by atoms with van der Waals surface area (Å²) in [5.74, 6) is -2.99. The standard InChI is InChI=1S/C20H22ClN3O5/c1-9(25)15-13-14(18(27)24(17(13)26)8-10-4-3-7-29-10)20(23-15)11-5-2-6-12(21)16(11)22-19(20)28/h2,5-6,9-10,13-15,23,25H,3-4,7-8H2,1H3,(H,22,28)/t9?,10?,13-,14-,15+,20-/m1/s1. The summed E-state index contributed by atoms with van der Waals surface area (Å²) < 4.78 is 5.61. The normalized spacial score (nSPS) is 36.7.